The van der Waals surface area contributed by atoms with Crippen molar-refractivity contribution < 1.29 is 9.53 Å². The summed E-state index contributed by atoms with van der Waals surface area (Å²) in [5.74, 6) is 1.24. The predicted octanol–water partition coefficient (Wildman–Crippen LogP) is 5.68. The highest BCUT2D eigenvalue weighted by Crippen LogP contribution is 2.36. The van der Waals surface area contributed by atoms with Crippen molar-refractivity contribution in [2.75, 3.05) is 12.0 Å². The SMILES string of the molecule is COc1ccccc1N(C(C)=O)c1nc(CSc2ccnc3ccccc23)cs1. The van der Waals surface area contributed by atoms with Gasteiger partial charge in [-0.1, -0.05) is 30.3 Å². The number of carbonyl (C=O) groups is 1. The van der Waals surface area contributed by atoms with Crippen LogP contribution in [0.1, 0.15) is 12.6 Å². The van der Waals surface area contributed by atoms with Crippen LogP contribution in [0.3, 0.4) is 0 Å². The number of fused-ring (bicyclic) bond motifs is 1. The smallest absolute Gasteiger partial charge is 0.230 e. The first-order valence-corrected chi connectivity index (χ1v) is 10.9. The Kier molecular flexibility index (Phi) is 5.78. The summed E-state index contributed by atoms with van der Waals surface area (Å²) in [4.78, 5) is 24.3. The number of carbonyl (C=O) groups excluding carboxylic acids is 1. The summed E-state index contributed by atoms with van der Waals surface area (Å²) in [5.41, 5.74) is 2.60. The van der Waals surface area contributed by atoms with E-state index in [4.69, 9.17) is 9.72 Å². The molecule has 0 aliphatic heterocycles. The molecule has 0 N–H and O–H groups in total. The number of anilines is 2. The molecule has 0 aliphatic carbocycles. The Morgan fingerprint density at radius 1 is 1.14 bits per heavy atom. The Morgan fingerprint density at radius 3 is 2.76 bits per heavy atom. The molecule has 0 aliphatic rings. The summed E-state index contributed by atoms with van der Waals surface area (Å²) in [6.45, 7) is 1.53. The van der Waals surface area contributed by atoms with Gasteiger partial charge < -0.3 is 4.74 Å². The van der Waals surface area contributed by atoms with Crippen molar-refractivity contribution in [2.24, 2.45) is 0 Å². The predicted molar refractivity (Wildman–Crippen MR) is 119 cm³/mol. The molecule has 0 bridgehead atoms. The third kappa shape index (κ3) is 4.11. The molecule has 4 rings (SSSR count). The number of thioether (sulfide) groups is 1. The number of methoxy groups -OCH3 is 1. The number of rotatable bonds is 6. The number of ether oxygens (including phenoxy) is 1. The maximum atomic E-state index is 12.4. The van der Waals surface area contributed by atoms with Gasteiger partial charge >= 0.3 is 0 Å². The summed E-state index contributed by atoms with van der Waals surface area (Å²) >= 11 is 3.17. The Morgan fingerprint density at radius 2 is 1.93 bits per heavy atom. The number of hydrogen-bond donors (Lipinski definition) is 0. The lowest BCUT2D eigenvalue weighted by Crippen LogP contribution is -2.23. The van der Waals surface area contributed by atoms with Crippen LogP contribution in [0.25, 0.3) is 10.9 Å². The number of nitrogens with zero attached hydrogens (tertiary/aromatic N) is 3. The normalized spacial score (nSPS) is 10.8. The van der Waals surface area contributed by atoms with Crippen LogP contribution >= 0.6 is 23.1 Å². The number of thiazole rings is 1. The van der Waals surface area contributed by atoms with E-state index in [1.165, 1.54) is 23.2 Å². The number of para-hydroxylation sites is 3. The molecular weight excluding hydrogens is 402 g/mol. The molecule has 7 heteroatoms. The van der Waals surface area contributed by atoms with E-state index in [9.17, 15) is 4.79 Å². The zero-order chi connectivity index (χ0) is 20.2. The van der Waals surface area contributed by atoms with E-state index in [-0.39, 0.29) is 5.91 Å². The van der Waals surface area contributed by atoms with E-state index in [2.05, 4.69) is 11.1 Å². The van der Waals surface area contributed by atoms with Gasteiger partial charge in [0.05, 0.1) is 24.0 Å². The third-order valence-electron chi connectivity index (χ3n) is 4.36. The van der Waals surface area contributed by atoms with Crippen molar-refractivity contribution in [3.8, 4) is 5.75 Å². The quantitative estimate of drug-likeness (QED) is 0.375. The topological polar surface area (TPSA) is 55.3 Å². The van der Waals surface area contributed by atoms with Crippen LogP contribution in [0.4, 0.5) is 10.8 Å². The van der Waals surface area contributed by atoms with Crippen LogP contribution in [0, 0.1) is 0 Å². The molecule has 1 amide bonds. The largest absolute Gasteiger partial charge is 0.495 e. The minimum Gasteiger partial charge on any atom is -0.495 e. The summed E-state index contributed by atoms with van der Waals surface area (Å²) < 4.78 is 5.42. The zero-order valence-electron chi connectivity index (χ0n) is 16.0. The minimum absolute atomic E-state index is 0.108. The minimum atomic E-state index is -0.108. The molecule has 2 aromatic heterocycles. The summed E-state index contributed by atoms with van der Waals surface area (Å²) in [6.07, 6.45) is 1.83. The molecule has 146 valence electrons. The van der Waals surface area contributed by atoms with E-state index in [0.29, 0.717) is 22.3 Å². The van der Waals surface area contributed by atoms with Crippen molar-refractivity contribution in [2.45, 2.75) is 17.6 Å². The summed E-state index contributed by atoms with van der Waals surface area (Å²) in [6, 6.07) is 17.6. The fourth-order valence-corrected chi connectivity index (χ4v) is 4.96. The lowest BCUT2D eigenvalue weighted by molar-refractivity contribution is -0.115. The van der Waals surface area contributed by atoms with Gasteiger partial charge in [0.1, 0.15) is 5.75 Å². The van der Waals surface area contributed by atoms with Gasteiger partial charge in [0.2, 0.25) is 5.91 Å². The average Bonchev–Trinajstić information content (AvgIpc) is 3.21. The van der Waals surface area contributed by atoms with Crippen molar-refractivity contribution in [1.29, 1.82) is 0 Å². The molecule has 0 fully saturated rings. The van der Waals surface area contributed by atoms with Gasteiger partial charge in [-0.15, -0.1) is 23.1 Å². The van der Waals surface area contributed by atoms with Crippen LogP contribution in [0.15, 0.2) is 71.1 Å². The molecule has 0 saturated carbocycles. The number of aromatic nitrogens is 2. The Bertz CT molecular complexity index is 1150. The lowest BCUT2D eigenvalue weighted by atomic mass is 10.2. The lowest BCUT2D eigenvalue weighted by Gasteiger charge is -2.20. The molecule has 4 aromatic rings. The highest BCUT2D eigenvalue weighted by molar-refractivity contribution is 7.98. The molecule has 2 aromatic carbocycles. The van der Waals surface area contributed by atoms with Crippen LogP contribution in [0.2, 0.25) is 0 Å². The average molecular weight is 422 g/mol. The Labute approximate surface area is 177 Å². The number of amides is 1. The zero-order valence-corrected chi connectivity index (χ0v) is 17.7. The van der Waals surface area contributed by atoms with Gasteiger partial charge in [-0.2, -0.15) is 0 Å². The van der Waals surface area contributed by atoms with Gasteiger partial charge in [-0.05, 0) is 24.3 Å². The maximum absolute atomic E-state index is 12.4. The number of benzene rings is 2. The third-order valence-corrected chi connectivity index (χ3v) is 6.34. The van der Waals surface area contributed by atoms with Gasteiger partial charge in [0.25, 0.3) is 0 Å². The van der Waals surface area contributed by atoms with Gasteiger partial charge in [0.15, 0.2) is 5.13 Å². The second-order valence-corrected chi connectivity index (χ2v) is 8.12. The Hall–Kier alpha value is -2.90. The van der Waals surface area contributed by atoms with E-state index in [1.807, 2.05) is 60.1 Å². The first-order valence-electron chi connectivity index (χ1n) is 9.02. The second-order valence-electron chi connectivity index (χ2n) is 6.26. The number of pyridine rings is 1. The Balaban J connectivity index is 1.57. The van der Waals surface area contributed by atoms with Crippen LogP contribution in [-0.2, 0) is 10.5 Å². The molecule has 29 heavy (non-hydrogen) atoms. The molecule has 0 atom stereocenters. The summed E-state index contributed by atoms with van der Waals surface area (Å²) in [5, 5.41) is 3.77. The van der Waals surface area contributed by atoms with Crippen molar-refractivity contribution >= 4 is 50.7 Å². The number of hydrogen-bond acceptors (Lipinski definition) is 6. The van der Waals surface area contributed by atoms with Crippen molar-refractivity contribution in [3.63, 3.8) is 0 Å². The highest BCUT2D eigenvalue weighted by Gasteiger charge is 2.21. The fourth-order valence-electron chi connectivity index (χ4n) is 3.03. The van der Waals surface area contributed by atoms with Gasteiger partial charge in [0, 0.05) is 34.5 Å². The van der Waals surface area contributed by atoms with Gasteiger partial charge in [-0.25, -0.2) is 4.98 Å². The van der Waals surface area contributed by atoms with Crippen molar-refractivity contribution in [3.05, 3.63) is 71.9 Å². The first kappa shape index (κ1) is 19.4. The fraction of sp³-hybridized carbons (Fsp3) is 0.136. The highest BCUT2D eigenvalue weighted by atomic mass is 32.2. The molecule has 0 unspecified atom stereocenters. The van der Waals surface area contributed by atoms with Crippen LogP contribution in [0.5, 0.6) is 5.75 Å². The second kappa shape index (κ2) is 8.63. The van der Waals surface area contributed by atoms with Crippen molar-refractivity contribution in [1.82, 2.24) is 9.97 Å². The molecule has 2 heterocycles. The van der Waals surface area contributed by atoms with E-state index in [0.717, 1.165) is 16.6 Å². The van der Waals surface area contributed by atoms with Gasteiger partial charge in [-0.3, -0.25) is 14.7 Å². The monoisotopic (exact) mass is 421 g/mol. The van der Waals surface area contributed by atoms with Crippen LogP contribution < -0.4 is 9.64 Å². The molecule has 5 nitrogen and oxygen atoms in total. The maximum Gasteiger partial charge on any atom is 0.230 e. The standard InChI is InChI=1S/C22H19N3O2S2/c1-15(26)25(19-9-5-6-10-20(19)27-2)22-24-16(14-29-22)13-28-21-11-12-23-18-8-4-3-7-17(18)21/h3-12,14H,13H2,1-2H3. The van der Waals surface area contributed by atoms with E-state index in [1.54, 1.807) is 23.8 Å². The van der Waals surface area contributed by atoms with E-state index < -0.39 is 0 Å². The molecule has 0 spiro atoms. The summed E-state index contributed by atoms with van der Waals surface area (Å²) in [7, 11) is 1.60. The molecule has 0 radical (unpaired) electrons. The van der Waals surface area contributed by atoms with Crippen LogP contribution in [-0.4, -0.2) is 23.0 Å². The first-order chi connectivity index (χ1) is 14.2. The molecular formula is C22H19N3O2S2. The van der Waals surface area contributed by atoms with E-state index >= 15 is 0 Å². The molecule has 0 saturated heterocycles.